The molecule has 1 amide bonds. The van der Waals surface area contributed by atoms with Gasteiger partial charge in [0.2, 0.25) is 5.91 Å². The van der Waals surface area contributed by atoms with E-state index in [0.29, 0.717) is 6.42 Å². The van der Waals surface area contributed by atoms with Crippen molar-refractivity contribution in [3.05, 3.63) is 12.2 Å². The van der Waals surface area contributed by atoms with Gasteiger partial charge in [0.25, 0.3) is 0 Å². The third-order valence-corrected chi connectivity index (χ3v) is 2.37. The standard InChI is InChI=1S/C10H19N3O/c1-2-3-4-9(11)10(14)13-7-5-12-6-8-13/h2-3,9,12H,4-8,11H2,1H3/b3-2+. The van der Waals surface area contributed by atoms with Crippen LogP contribution < -0.4 is 11.1 Å². The molecule has 1 rings (SSSR count). The van der Waals surface area contributed by atoms with Crippen LogP contribution in [0, 0.1) is 0 Å². The van der Waals surface area contributed by atoms with E-state index in [9.17, 15) is 4.79 Å². The number of nitrogens with two attached hydrogens (primary N) is 1. The van der Waals surface area contributed by atoms with Gasteiger partial charge in [0.05, 0.1) is 6.04 Å². The predicted octanol–water partition coefficient (Wildman–Crippen LogP) is -0.288. The molecule has 1 unspecified atom stereocenters. The van der Waals surface area contributed by atoms with Crippen molar-refractivity contribution in [3.8, 4) is 0 Å². The maximum atomic E-state index is 11.7. The van der Waals surface area contributed by atoms with Gasteiger partial charge in [-0.2, -0.15) is 0 Å². The number of hydrogen-bond acceptors (Lipinski definition) is 3. The van der Waals surface area contributed by atoms with E-state index in [4.69, 9.17) is 5.73 Å². The Hall–Kier alpha value is -0.870. The smallest absolute Gasteiger partial charge is 0.239 e. The molecule has 1 aliphatic rings. The molecule has 1 saturated heterocycles. The third kappa shape index (κ3) is 3.12. The highest BCUT2D eigenvalue weighted by molar-refractivity contribution is 5.81. The molecule has 0 aromatic heterocycles. The second kappa shape index (κ2) is 5.78. The Morgan fingerprint density at radius 2 is 2.21 bits per heavy atom. The summed E-state index contributed by atoms with van der Waals surface area (Å²) < 4.78 is 0. The molecule has 14 heavy (non-hydrogen) atoms. The molecule has 0 bridgehead atoms. The highest BCUT2D eigenvalue weighted by Gasteiger charge is 2.20. The highest BCUT2D eigenvalue weighted by atomic mass is 16.2. The van der Waals surface area contributed by atoms with Gasteiger partial charge in [-0.15, -0.1) is 0 Å². The van der Waals surface area contributed by atoms with E-state index in [0.717, 1.165) is 26.2 Å². The first-order valence-corrected chi connectivity index (χ1v) is 5.12. The minimum Gasteiger partial charge on any atom is -0.339 e. The summed E-state index contributed by atoms with van der Waals surface area (Å²) in [7, 11) is 0. The van der Waals surface area contributed by atoms with Crippen LogP contribution in [0.3, 0.4) is 0 Å². The topological polar surface area (TPSA) is 58.4 Å². The number of allylic oxidation sites excluding steroid dienone is 1. The molecule has 0 radical (unpaired) electrons. The molecule has 0 spiro atoms. The number of rotatable bonds is 3. The summed E-state index contributed by atoms with van der Waals surface area (Å²) in [6.45, 7) is 5.25. The van der Waals surface area contributed by atoms with Crippen LogP contribution in [0.15, 0.2) is 12.2 Å². The minimum atomic E-state index is -0.371. The molecule has 0 aromatic rings. The van der Waals surface area contributed by atoms with E-state index in [1.807, 2.05) is 24.0 Å². The molecule has 1 atom stereocenters. The Kier molecular flexibility index (Phi) is 4.62. The molecule has 0 aromatic carbocycles. The summed E-state index contributed by atoms with van der Waals surface area (Å²) in [5, 5.41) is 3.20. The first kappa shape index (κ1) is 11.2. The first-order chi connectivity index (χ1) is 6.75. The lowest BCUT2D eigenvalue weighted by molar-refractivity contribution is -0.133. The number of carbonyl (C=O) groups excluding carboxylic acids is 1. The molecule has 1 aliphatic heterocycles. The zero-order valence-electron chi connectivity index (χ0n) is 8.70. The molecular weight excluding hydrogens is 178 g/mol. The highest BCUT2D eigenvalue weighted by Crippen LogP contribution is 2.00. The zero-order valence-corrected chi connectivity index (χ0v) is 8.70. The SMILES string of the molecule is C/C=C/CC(N)C(=O)N1CCNCC1. The number of nitrogens with zero attached hydrogens (tertiary/aromatic N) is 1. The van der Waals surface area contributed by atoms with Crippen LogP contribution in [0.5, 0.6) is 0 Å². The van der Waals surface area contributed by atoms with E-state index in [2.05, 4.69) is 5.32 Å². The number of carbonyl (C=O) groups is 1. The third-order valence-electron chi connectivity index (χ3n) is 2.37. The van der Waals surface area contributed by atoms with Crippen LogP contribution in [0.25, 0.3) is 0 Å². The average Bonchev–Trinajstić information content (AvgIpc) is 2.26. The molecular formula is C10H19N3O. The van der Waals surface area contributed by atoms with Crippen molar-refractivity contribution < 1.29 is 4.79 Å². The van der Waals surface area contributed by atoms with Crippen molar-refractivity contribution >= 4 is 5.91 Å². The molecule has 1 fully saturated rings. The maximum Gasteiger partial charge on any atom is 0.239 e. The monoisotopic (exact) mass is 197 g/mol. The van der Waals surface area contributed by atoms with Crippen molar-refractivity contribution in [1.29, 1.82) is 0 Å². The van der Waals surface area contributed by atoms with Crippen molar-refractivity contribution in [2.75, 3.05) is 26.2 Å². The van der Waals surface area contributed by atoms with Crippen molar-refractivity contribution in [3.63, 3.8) is 0 Å². The summed E-state index contributed by atoms with van der Waals surface area (Å²) in [5.41, 5.74) is 5.77. The lowest BCUT2D eigenvalue weighted by atomic mass is 10.1. The Labute approximate surface area is 85.1 Å². The fraction of sp³-hybridized carbons (Fsp3) is 0.700. The summed E-state index contributed by atoms with van der Waals surface area (Å²) in [4.78, 5) is 13.6. The number of nitrogens with one attached hydrogen (secondary N) is 1. The Bertz CT molecular complexity index is 209. The Morgan fingerprint density at radius 1 is 1.57 bits per heavy atom. The second-order valence-corrected chi connectivity index (χ2v) is 3.49. The molecule has 0 saturated carbocycles. The average molecular weight is 197 g/mol. The summed E-state index contributed by atoms with van der Waals surface area (Å²) >= 11 is 0. The van der Waals surface area contributed by atoms with Crippen molar-refractivity contribution in [2.45, 2.75) is 19.4 Å². The van der Waals surface area contributed by atoms with Gasteiger partial charge in [-0.3, -0.25) is 4.79 Å². The van der Waals surface area contributed by atoms with Gasteiger partial charge < -0.3 is 16.0 Å². The number of piperazine rings is 1. The lowest BCUT2D eigenvalue weighted by Crippen LogP contribution is -2.51. The van der Waals surface area contributed by atoms with E-state index in [1.54, 1.807) is 0 Å². The summed E-state index contributed by atoms with van der Waals surface area (Å²) in [6, 6.07) is -0.371. The van der Waals surface area contributed by atoms with E-state index >= 15 is 0 Å². The van der Waals surface area contributed by atoms with E-state index < -0.39 is 0 Å². The van der Waals surface area contributed by atoms with Gasteiger partial charge in [-0.25, -0.2) is 0 Å². The molecule has 4 nitrogen and oxygen atoms in total. The molecule has 1 heterocycles. The van der Waals surface area contributed by atoms with E-state index in [-0.39, 0.29) is 11.9 Å². The fourth-order valence-corrected chi connectivity index (χ4v) is 1.50. The predicted molar refractivity (Wildman–Crippen MR) is 56.9 cm³/mol. The van der Waals surface area contributed by atoms with Crippen LogP contribution in [-0.2, 0) is 4.79 Å². The Balaban J connectivity index is 2.38. The van der Waals surface area contributed by atoms with Crippen molar-refractivity contribution in [1.82, 2.24) is 10.2 Å². The van der Waals surface area contributed by atoms with Crippen LogP contribution >= 0.6 is 0 Å². The summed E-state index contributed by atoms with van der Waals surface area (Å²) in [5.74, 6) is 0.0737. The van der Waals surface area contributed by atoms with Gasteiger partial charge >= 0.3 is 0 Å². The molecule has 80 valence electrons. The van der Waals surface area contributed by atoms with Gasteiger partial charge in [0.15, 0.2) is 0 Å². The van der Waals surface area contributed by atoms with Gasteiger partial charge in [0, 0.05) is 26.2 Å². The Morgan fingerprint density at radius 3 is 2.79 bits per heavy atom. The quantitative estimate of drug-likeness (QED) is 0.611. The fourth-order valence-electron chi connectivity index (χ4n) is 1.50. The van der Waals surface area contributed by atoms with Crippen molar-refractivity contribution in [2.24, 2.45) is 5.73 Å². The van der Waals surface area contributed by atoms with Gasteiger partial charge in [-0.1, -0.05) is 12.2 Å². The largest absolute Gasteiger partial charge is 0.339 e. The number of amides is 1. The van der Waals surface area contributed by atoms with Crippen LogP contribution in [0.1, 0.15) is 13.3 Å². The van der Waals surface area contributed by atoms with E-state index in [1.165, 1.54) is 0 Å². The zero-order chi connectivity index (χ0) is 10.4. The van der Waals surface area contributed by atoms with Gasteiger partial charge in [0.1, 0.15) is 0 Å². The second-order valence-electron chi connectivity index (χ2n) is 3.49. The van der Waals surface area contributed by atoms with Crippen LogP contribution in [0.4, 0.5) is 0 Å². The van der Waals surface area contributed by atoms with Gasteiger partial charge in [-0.05, 0) is 13.3 Å². The minimum absolute atomic E-state index is 0.0737. The van der Waals surface area contributed by atoms with Crippen LogP contribution in [0.2, 0.25) is 0 Å². The lowest BCUT2D eigenvalue weighted by Gasteiger charge is -2.29. The molecule has 4 heteroatoms. The molecule has 3 N–H and O–H groups in total. The normalized spacial score (nSPS) is 20.0. The first-order valence-electron chi connectivity index (χ1n) is 5.12. The van der Waals surface area contributed by atoms with Crippen LogP contribution in [-0.4, -0.2) is 43.0 Å². The number of hydrogen-bond donors (Lipinski definition) is 2. The molecule has 0 aliphatic carbocycles. The summed E-state index contributed by atoms with van der Waals surface area (Å²) in [6.07, 6.45) is 4.49. The maximum absolute atomic E-state index is 11.7.